The Labute approximate surface area is 119 Å². The molecule has 0 aromatic heterocycles. The summed E-state index contributed by atoms with van der Waals surface area (Å²) in [6.07, 6.45) is 1.11. The third kappa shape index (κ3) is 3.31. The Morgan fingerprint density at radius 1 is 1.37 bits per heavy atom. The van der Waals surface area contributed by atoms with Crippen LogP contribution in [0.2, 0.25) is 0 Å². The quantitative estimate of drug-likeness (QED) is 0.829. The van der Waals surface area contributed by atoms with E-state index in [0.29, 0.717) is 5.25 Å². The fourth-order valence-electron chi connectivity index (χ4n) is 2.54. The van der Waals surface area contributed by atoms with Crippen LogP contribution in [-0.2, 0) is 11.2 Å². The molecule has 1 saturated heterocycles. The van der Waals surface area contributed by atoms with Gasteiger partial charge < -0.3 is 9.64 Å². The minimum atomic E-state index is 0.597. The molecule has 0 bridgehead atoms. The van der Waals surface area contributed by atoms with Crippen LogP contribution in [0.5, 0.6) is 0 Å². The van der Waals surface area contributed by atoms with Crippen molar-refractivity contribution in [1.29, 1.82) is 0 Å². The van der Waals surface area contributed by atoms with E-state index < -0.39 is 0 Å². The third-order valence-electron chi connectivity index (χ3n) is 3.53. The molecule has 3 rings (SSSR count). The molecule has 102 valence electrons. The smallest absolute Gasteiger partial charge is 0.159 e. The Kier molecular flexibility index (Phi) is 4.09. The van der Waals surface area contributed by atoms with E-state index in [1.807, 2.05) is 11.8 Å². The lowest BCUT2D eigenvalue weighted by molar-refractivity contribution is 0.0693. The van der Waals surface area contributed by atoms with E-state index in [1.54, 1.807) is 0 Å². The van der Waals surface area contributed by atoms with Crippen LogP contribution in [0.25, 0.3) is 0 Å². The molecule has 0 unspecified atom stereocenters. The average Bonchev–Trinajstić information content (AvgIpc) is 2.88. The lowest BCUT2D eigenvalue weighted by Gasteiger charge is -2.28. The largest absolute Gasteiger partial charge is 0.378 e. The SMILES string of the molecule is Cc1cccc(C[C@H]2CN=C(N3CCOCC3)S2)c1. The van der Waals surface area contributed by atoms with Crippen molar-refractivity contribution in [3.8, 4) is 0 Å². The molecule has 0 amide bonds. The molecule has 3 nitrogen and oxygen atoms in total. The van der Waals surface area contributed by atoms with Crippen molar-refractivity contribution in [2.24, 2.45) is 4.99 Å². The minimum absolute atomic E-state index is 0.597. The van der Waals surface area contributed by atoms with E-state index in [0.717, 1.165) is 39.3 Å². The van der Waals surface area contributed by atoms with Crippen LogP contribution in [0.3, 0.4) is 0 Å². The molecule has 0 N–H and O–H groups in total. The monoisotopic (exact) mass is 276 g/mol. The molecule has 0 saturated carbocycles. The fraction of sp³-hybridized carbons (Fsp3) is 0.533. The van der Waals surface area contributed by atoms with E-state index in [9.17, 15) is 0 Å². The van der Waals surface area contributed by atoms with E-state index >= 15 is 0 Å². The highest BCUT2D eigenvalue weighted by Gasteiger charge is 2.25. The number of aryl methyl sites for hydroxylation is 1. The van der Waals surface area contributed by atoms with Gasteiger partial charge in [-0.2, -0.15) is 0 Å². The fourth-order valence-corrected chi connectivity index (χ4v) is 3.74. The summed E-state index contributed by atoms with van der Waals surface area (Å²) in [6, 6.07) is 8.81. The van der Waals surface area contributed by atoms with Gasteiger partial charge in [-0.1, -0.05) is 41.6 Å². The number of nitrogens with zero attached hydrogens (tertiary/aromatic N) is 2. The lowest BCUT2D eigenvalue weighted by Crippen LogP contribution is -2.39. The molecular weight excluding hydrogens is 256 g/mol. The van der Waals surface area contributed by atoms with E-state index in [4.69, 9.17) is 9.73 Å². The number of morpholine rings is 1. The van der Waals surface area contributed by atoms with Crippen LogP contribution in [0.4, 0.5) is 0 Å². The second kappa shape index (κ2) is 5.97. The van der Waals surface area contributed by atoms with Gasteiger partial charge in [0.2, 0.25) is 0 Å². The molecule has 2 aliphatic rings. The molecule has 19 heavy (non-hydrogen) atoms. The summed E-state index contributed by atoms with van der Waals surface area (Å²) in [4.78, 5) is 7.07. The predicted octanol–water partition coefficient (Wildman–Crippen LogP) is 2.34. The number of ether oxygens (including phenoxy) is 1. The third-order valence-corrected chi connectivity index (χ3v) is 4.78. The molecule has 2 heterocycles. The highest BCUT2D eigenvalue weighted by Crippen LogP contribution is 2.27. The summed E-state index contributed by atoms with van der Waals surface area (Å²) in [5, 5.41) is 1.82. The van der Waals surface area contributed by atoms with Gasteiger partial charge in [0.1, 0.15) is 0 Å². The summed E-state index contributed by atoms with van der Waals surface area (Å²) in [5.74, 6) is 0. The average molecular weight is 276 g/mol. The van der Waals surface area contributed by atoms with Crippen molar-refractivity contribution in [2.75, 3.05) is 32.8 Å². The molecule has 1 aromatic carbocycles. The summed E-state index contributed by atoms with van der Waals surface area (Å²) in [5.41, 5.74) is 2.77. The highest BCUT2D eigenvalue weighted by atomic mass is 32.2. The first kappa shape index (κ1) is 13.0. The maximum absolute atomic E-state index is 5.39. The predicted molar refractivity (Wildman–Crippen MR) is 81.0 cm³/mol. The molecule has 1 aromatic rings. The Morgan fingerprint density at radius 2 is 2.21 bits per heavy atom. The molecule has 1 fully saturated rings. The molecular formula is C15H20N2OS. The maximum Gasteiger partial charge on any atom is 0.159 e. The van der Waals surface area contributed by atoms with Gasteiger partial charge in [0, 0.05) is 18.3 Å². The van der Waals surface area contributed by atoms with Crippen molar-refractivity contribution in [3.05, 3.63) is 35.4 Å². The Bertz CT molecular complexity index is 469. The summed E-state index contributed by atoms with van der Waals surface area (Å²) < 4.78 is 5.39. The second-order valence-corrected chi connectivity index (χ2v) is 6.42. The van der Waals surface area contributed by atoms with Gasteiger partial charge in [-0.05, 0) is 18.9 Å². The first-order valence-electron chi connectivity index (χ1n) is 6.90. The van der Waals surface area contributed by atoms with Crippen molar-refractivity contribution < 1.29 is 4.74 Å². The first-order valence-corrected chi connectivity index (χ1v) is 7.78. The topological polar surface area (TPSA) is 24.8 Å². The zero-order chi connectivity index (χ0) is 13.1. The summed E-state index contributed by atoms with van der Waals surface area (Å²) in [7, 11) is 0. The zero-order valence-corrected chi connectivity index (χ0v) is 12.2. The highest BCUT2D eigenvalue weighted by molar-refractivity contribution is 8.14. The van der Waals surface area contributed by atoms with Crippen molar-refractivity contribution in [2.45, 2.75) is 18.6 Å². The zero-order valence-electron chi connectivity index (χ0n) is 11.3. The van der Waals surface area contributed by atoms with Crippen LogP contribution in [0.1, 0.15) is 11.1 Å². The molecule has 0 spiro atoms. The Balaban J connectivity index is 1.55. The number of benzene rings is 1. The molecule has 0 aliphatic carbocycles. The number of amidine groups is 1. The standard InChI is InChI=1S/C15H20N2OS/c1-12-3-2-4-13(9-12)10-14-11-16-15(19-14)17-5-7-18-8-6-17/h2-4,9,14H,5-8,10-11H2,1H3/t14-/m0/s1. The van der Waals surface area contributed by atoms with Gasteiger partial charge in [0.15, 0.2) is 5.17 Å². The van der Waals surface area contributed by atoms with Crippen LogP contribution < -0.4 is 0 Å². The minimum Gasteiger partial charge on any atom is -0.378 e. The number of thioether (sulfide) groups is 1. The molecule has 4 heteroatoms. The van der Waals surface area contributed by atoms with Crippen molar-refractivity contribution >= 4 is 16.9 Å². The van der Waals surface area contributed by atoms with Gasteiger partial charge in [0.25, 0.3) is 0 Å². The molecule has 2 aliphatic heterocycles. The number of hydrogen-bond donors (Lipinski definition) is 0. The number of hydrogen-bond acceptors (Lipinski definition) is 4. The summed E-state index contributed by atoms with van der Waals surface area (Å²) in [6.45, 7) is 6.75. The van der Waals surface area contributed by atoms with Gasteiger partial charge in [-0.15, -0.1) is 0 Å². The molecule has 1 atom stereocenters. The van der Waals surface area contributed by atoms with Crippen LogP contribution in [0.15, 0.2) is 29.3 Å². The van der Waals surface area contributed by atoms with Crippen LogP contribution >= 0.6 is 11.8 Å². The summed E-state index contributed by atoms with van der Waals surface area (Å²) >= 11 is 1.94. The van der Waals surface area contributed by atoms with Crippen LogP contribution in [0, 0.1) is 6.92 Å². The van der Waals surface area contributed by atoms with Gasteiger partial charge >= 0.3 is 0 Å². The Hall–Kier alpha value is -1.00. The van der Waals surface area contributed by atoms with E-state index in [2.05, 4.69) is 36.1 Å². The van der Waals surface area contributed by atoms with Gasteiger partial charge in [0.05, 0.1) is 19.8 Å². The lowest BCUT2D eigenvalue weighted by atomic mass is 10.1. The first-order chi connectivity index (χ1) is 9.31. The maximum atomic E-state index is 5.39. The van der Waals surface area contributed by atoms with Crippen molar-refractivity contribution in [1.82, 2.24) is 4.90 Å². The van der Waals surface area contributed by atoms with Crippen molar-refractivity contribution in [3.63, 3.8) is 0 Å². The van der Waals surface area contributed by atoms with E-state index in [-0.39, 0.29) is 0 Å². The number of rotatable bonds is 2. The second-order valence-electron chi connectivity index (χ2n) is 5.16. The Morgan fingerprint density at radius 3 is 3.00 bits per heavy atom. The molecule has 0 radical (unpaired) electrons. The van der Waals surface area contributed by atoms with Gasteiger partial charge in [-0.3, -0.25) is 4.99 Å². The van der Waals surface area contributed by atoms with E-state index in [1.165, 1.54) is 16.3 Å². The number of aliphatic imine (C=N–C) groups is 1. The van der Waals surface area contributed by atoms with Gasteiger partial charge in [-0.25, -0.2) is 0 Å². The normalized spacial score (nSPS) is 23.5. The van der Waals surface area contributed by atoms with Crippen LogP contribution in [-0.4, -0.2) is 48.2 Å².